The minimum atomic E-state index is 0.213. The molecule has 2 N–H and O–H groups in total. The van der Waals surface area contributed by atoms with Gasteiger partial charge < -0.3 is 15.4 Å². The van der Waals surface area contributed by atoms with Crippen molar-refractivity contribution < 1.29 is 4.74 Å². The van der Waals surface area contributed by atoms with Crippen molar-refractivity contribution in [2.24, 2.45) is 11.7 Å². The van der Waals surface area contributed by atoms with Crippen molar-refractivity contribution in [2.75, 3.05) is 33.3 Å². The summed E-state index contributed by atoms with van der Waals surface area (Å²) in [5.74, 6) is 0.812. The fraction of sp³-hybridized carbons (Fsp3) is 1.00. The molecule has 2 rings (SSSR count). The van der Waals surface area contributed by atoms with Gasteiger partial charge >= 0.3 is 0 Å². The molecule has 0 aromatic heterocycles. The molecule has 2 saturated heterocycles. The topological polar surface area (TPSA) is 38.5 Å². The molecule has 0 radical (unpaired) electrons. The molecule has 0 saturated carbocycles. The van der Waals surface area contributed by atoms with E-state index in [4.69, 9.17) is 10.5 Å². The van der Waals surface area contributed by atoms with Crippen molar-refractivity contribution in [1.82, 2.24) is 4.90 Å². The van der Waals surface area contributed by atoms with Gasteiger partial charge in [0.05, 0.1) is 5.60 Å². The number of piperidine rings is 1. The van der Waals surface area contributed by atoms with Gasteiger partial charge in [-0.15, -0.1) is 0 Å². The minimum absolute atomic E-state index is 0.213. The quantitative estimate of drug-likeness (QED) is 0.748. The maximum Gasteiger partial charge on any atom is 0.0709 e. The van der Waals surface area contributed by atoms with E-state index in [1.54, 1.807) is 0 Å². The van der Waals surface area contributed by atoms with Crippen LogP contribution < -0.4 is 5.73 Å². The molecule has 0 bridgehead atoms. The van der Waals surface area contributed by atoms with Crippen molar-refractivity contribution in [2.45, 2.75) is 37.7 Å². The Kier molecular flexibility index (Phi) is 3.65. The zero-order chi connectivity index (χ0) is 10.7. The fourth-order valence-electron chi connectivity index (χ4n) is 2.99. The van der Waals surface area contributed by atoms with E-state index in [0.29, 0.717) is 0 Å². The number of likely N-dealkylation sites (tertiary alicyclic amines) is 1. The van der Waals surface area contributed by atoms with Gasteiger partial charge in [0.25, 0.3) is 0 Å². The van der Waals surface area contributed by atoms with Crippen molar-refractivity contribution in [3.63, 3.8) is 0 Å². The summed E-state index contributed by atoms with van der Waals surface area (Å²) in [5, 5.41) is 0. The summed E-state index contributed by atoms with van der Waals surface area (Å²) >= 11 is 0. The van der Waals surface area contributed by atoms with Crippen molar-refractivity contribution >= 4 is 0 Å². The SMILES string of the molecule is CN1CCC2(CC1)CC(CCN)CCO2. The molecule has 2 aliphatic rings. The third-order valence-corrected chi connectivity index (χ3v) is 4.07. The third-order valence-electron chi connectivity index (χ3n) is 4.07. The Labute approximate surface area is 93.0 Å². The van der Waals surface area contributed by atoms with Crippen LogP contribution >= 0.6 is 0 Å². The molecule has 15 heavy (non-hydrogen) atoms. The van der Waals surface area contributed by atoms with Gasteiger partial charge in [-0.05, 0) is 51.6 Å². The zero-order valence-corrected chi connectivity index (χ0v) is 9.87. The first-order valence-corrected chi connectivity index (χ1v) is 6.27. The number of rotatable bonds is 2. The Balaban J connectivity index is 1.90. The Morgan fingerprint density at radius 2 is 2.13 bits per heavy atom. The van der Waals surface area contributed by atoms with Gasteiger partial charge in [0, 0.05) is 19.7 Å². The second-order valence-electron chi connectivity index (χ2n) is 5.27. The fourth-order valence-corrected chi connectivity index (χ4v) is 2.99. The molecule has 0 aliphatic carbocycles. The van der Waals surface area contributed by atoms with Crippen LogP contribution in [0.2, 0.25) is 0 Å². The Bertz CT molecular complexity index is 198. The van der Waals surface area contributed by atoms with E-state index < -0.39 is 0 Å². The molecule has 3 nitrogen and oxygen atoms in total. The normalized spacial score (nSPS) is 32.0. The van der Waals surface area contributed by atoms with Crippen molar-refractivity contribution in [1.29, 1.82) is 0 Å². The number of ether oxygens (including phenoxy) is 1. The van der Waals surface area contributed by atoms with Crippen LogP contribution in [0.5, 0.6) is 0 Å². The highest BCUT2D eigenvalue weighted by atomic mass is 16.5. The number of hydrogen-bond acceptors (Lipinski definition) is 3. The predicted octanol–water partition coefficient (Wildman–Crippen LogP) is 1.23. The number of nitrogens with zero attached hydrogens (tertiary/aromatic N) is 1. The highest BCUT2D eigenvalue weighted by molar-refractivity contribution is 4.91. The molecule has 0 amide bonds. The van der Waals surface area contributed by atoms with Gasteiger partial charge in [0.2, 0.25) is 0 Å². The zero-order valence-electron chi connectivity index (χ0n) is 9.87. The van der Waals surface area contributed by atoms with E-state index in [-0.39, 0.29) is 5.60 Å². The molecule has 2 aliphatic heterocycles. The number of nitrogens with two attached hydrogens (primary N) is 1. The molecule has 0 aromatic rings. The van der Waals surface area contributed by atoms with Gasteiger partial charge in [-0.3, -0.25) is 0 Å². The smallest absolute Gasteiger partial charge is 0.0709 e. The summed E-state index contributed by atoms with van der Waals surface area (Å²) in [6.45, 7) is 4.17. The van der Waals surface area contributed by atoms with Crippen LogP contribution in [0.15, 0.2) is 0 Å². The van der Waals surface area contributed by atoms with Crippen molar-refractivity contribution in [3.05, 3.63) is 0 Å². The maximum absolute atomic E-state index is 6.06. The van der Waals surface area contributed by atoms with Crippen LogP contribution in [0.25, 0.3) is 0 Å². The van der Waals surface area contributed by atoms with E-state index in [0.717, 1.165) is 19.1 Å². The summed E-state index contributed by atoms with van der Waals surface area (Å²) in [7, 11) is 2.20. The summed E-state index contributed by atoms with van der Waals surface area (Å²) in [5.41, 5.74) is 5.86. The average molecular weight is 212 g/mol. The van der Waals surface area contributed by atoms with Gasteiger partial charge in [-0.25, -0.2) is 0 Å². The summed E-state index contributed by atoms with van der Waals surface area (Å²) in [6.07, 6.45) is 6.07. The molecular formula is C12H24N2O. The highest BCUT2D eigenvalue weighted by Crippen LogP contribution is 2.38. The van der Waals surface area contributed by atoms with Crippen LogP contribution in [0.1, 0.15) is 32.1 Å². The molecule has 1 atom stereocenters. The second kappa shape index (κ2) is 4.81. The predicted molar refractivity (Wildman–Crippen MR) is 61.8 cm³/mol. The summed E-state index contributed by atoms with van der Waals surface area (Å²) in [6, 6.07) is 0. The van der Waals surface area contributed by atoms with Gasteiger partial charge in [-0.2, -0.15) is 0 Å². The molecule has 1 unspecified atom stereocenters. The van der Waals surface area contributed by atoms with E-state index in [9.17, 15) is 0 Å². The first kappa shape index (κ1) is 11.4. The molecule has 3 heteroatoms. The molecular weight excluding hydrogens is 188 g/mol. The van der Waals surface area contributed by atoms with Gasteiger partial charge in [0.15, 0.2) is 0 Å². The summed E-state index contributed by atoms with van der Waals surface area (Å²) in [4.78, 5) is 2.40. The first-order valence-electron chi connectivity index (χ1n) is 6.27. The van der Waals surface area contributed by atoms with E-state index >= 15 is 0 Å². The lowest BCUT2D eigenvalue weighted by atomic mass is 9.78. The Morgan fingerprint density at radius 1 is 1.40 bits per heavy atom. The van der Waals surface area contributed by atoms with Crippen LogP contribution in [0.4, 0.5) is 0 Å². The van der Waals surface area contributed by atoms with Gasteiger partial charge in [-0.1, -0.05) is 0 Å². The van der Waals surface area contributed by atoms with Gasteiger partial charge in [0.1, 0.15) is 0 Å². The lowest BCUT2D eigenvalue weighted by Crippen LogP contribution is -2.48. The first-order chi connectivity index (χ1) is 7.24. The van der Waals surface area contributed by atoms with E-state index in [1.807, 2.05) is 0 Å². The minimum Gasteiger partial charge on any atom is -0.375 e. The van der Waals surface area contributed by atoms with Crippen LogP contribution in [-0.2, 0) is 4.74 Å². The molecule has 2 heterocycles. The largest absolute Gasteiger partial charge is 0.375 e. The Hall–Kier alpha value is -0.120. The molecule has 1 spiro atoms. The lowest BCUT2D eigenvalue weighted by Gasteiger charge is -2.45. The molecule has 2 fully saturated rings. The standard InChI is InChI=1S/C12H24N2O/c1-14-7-4-12(5-8-14)10-11(2-6-13)3-9-15-12/h11H,2-10,13H2,1H3. The monoisotopic (exact) mass is 212 g/mol. The summed E-state index contributed by atoms with van der Waals surface area (Å²) < 4.78 is 6.06. The van der Waals surface area contributed by atoms with Crippen LogP contribution in [0.3, 0.4) is 0 Å². The van der Waals surface area contributed by atoms with E-state index in [2.05, 4.69) is 11.9 Å². The Morgan fingerprint density at radius 3 is 2.80 bits per heavy atom. The van der Waals surface area contributed by atoms with E-state index in [1.165, 1.54) is 45.2 Å². The highest BCUT2D eigenvalue weighted by Gasteiger charge is 2.39. The maximum atomic E-state index is 6.06. The van der Waals surface area contributed by atoms with Crippen LogP contribution in [-0.4, -0.2) is 43.8 Å². The van der Waals surface area contributed by atoms with Crippen molar-refractivity contribution in [3.8, 4) is 0 Å². The third kappa shape index (κ3) is 2.71. The molecule has 88 valence electrons. The van der Waals surface area contributed by atoms with Crippen LogP contribution in [0, 0.1) is 5.92 Å². The average Bonchev–Trinajstić information content (AvgIpc) is 2.24. The molecule has 0 aromatic carbocycles. The lowest BCUT2D eigenvalue weighted by molar-refractivity contribution is -0.125. The number of hydrogen-bond donors (Lipinski definition) is 1. The second-order valence-corrected chi connectivity index (χ2v) is 5.27.